The van der Waals surface area contributed by atoms with Crippen LogP contribution in [0.3, 0.4) is 0 Å². The second kappa shape index (κ2) is 5.62. The summed E-state index contributed by atoms with van der Waals surface area (Å²) in [6.45, 7) is 3.25. The van der Waals surface area contributed by atoms with Gasteiger partial charge >= 0.3 is 0 Å². The van der Waals surface area contributed by atoms with Crippen LogP contribution in [0.1, 0.15) is 18.9 Å². The molecule has 0 aromatic heterocycles. The van der Waals surface area contributed by atoms with Crippen LogP contribution >= 0.6 is 27.5 Å². The van der Waals surface area contributed by atoms with Gasteiger partial charge in [-0.3, -0.25) is 0 Å². The van der Waals surface area contributed by atoms with Crippen LogP contribution in [0.15, 0.2) is 18.2 Å². The van der Waals surface area contributed by atoms with Gasteiger partial charge in [0.2, 0.25) is 0 Å². The van der Waals surface area contributed by atoms with Crippen LogP contribution in [-0.2, 0) is 5.33 Å². The van der Waals surface area contributed by atoms with E-state index in [4.69, 9.17) is 11.6 Å². The van der Waals surface area contributed by atoms with Gasteiger partial charge in [0.25, 0.3) is 0 Å². The molecule has 0 atom stereocenters. The molecule has 0 aliphatic carbocycles. The predicted molar refractivity (Wildman–Crippen MR) is 67.6 cm³/mol. The highest BCUT2D eigenvalue weighted by Gasteiger charge is 2.06. The molecule has 0 unspecified atom stereocenters. The molecule has 0 bridgehead atoms. The Bertz CT molecular complexity index is 301. The first-order valence-electron chi connectivity index (χ1n) is 4.74. The van der Waals surface area contributed by atoms with Gasteiger partial charge in [-0.1, -0.05) is 34.5 Å². The van der Waals surface area contributed by atoms with Crippen molar-refractivity contribution in [2.45, 2.75) is 18.7 Å². The highest BCUT2D eigenvalue weighted by Crippen LogP contribution is 2.25. The second-order valence-electron chi connectivity index (χ2n) is 3.33. The SMILES string of the molecule is CCCN(C)c1ccc(Cl)cc1CBr. The molecule has 0 saturated carbocycles. The number of benzene rings is 1. The number of nitrogens with zero attached hydrogens (tertiary/aromatic N) is 1. The summed E-state index contributed by atoms with van der Waals surface area (Å²) >= 11 is 9.41. The van der Waals surface area contributed by atoms with Crippen molar-refractivity contribution >= 4 is 33.2 Å². The minimum Gasteiger partial charge on any atom is -0.374 e. The summed E-state index contributed by atoms with van der Waals surface area (Å²) in [5.74, 6) is 0. The zero-order chi connectivity index (χ0) is 10.6. The van der Waals surface area contributed by atoms with Gasteiger partial charge in [-0.05, 0) is 30.2 Å². The van der Waals surface area contributed by atoms with Crippen molar-refractivity contribution in [2.24, 2.45) is 0 Å². The first-order valence-corrected chi connectivity index (χ1v) is 6.24. The molecule has 0 N–H and O–H groups in total. The highest BCUT2D eigenvalue weighted by atomic mass is 79.9. The minimum atomic E-state index is 0.799. The van der Waals surface area contributed by atoms with Crippen molar-refractivity contribution in [3.05, 3.63) is 28.8 Å². The molecule has 0 saturated heterocycles. The maximum atomic E-state index is 5.94. The van der Waals surface area contributed by atoms with E-state index in [-0.39, 0.29) is 0 Å². The number of halogens is 2. The monoisotopic (exact) mass is 275 g/mol. The van der Waals surface area contributed by atoms with Gasteiger partial charge in [-0.15, -0.1) is 0 Å². The van der Waals surface area contributed by atoms with Gasteiger partial charge < -0.3 is 4.90 Å². The summed E-state index contributed by atoms with van der Waals surface area (Å²) < 4.78 is 0. The van der Waals surface area contributed by atoms with E-state index in [0.717, 1.165) is 23.3 Å². The number of anilines is 1. The zero-order valence-electron chi connectivity index (χ0n) is 8.56. The lowest BCUT2D eigenvalue weighted by Crippen LogP contribution is -2.18. The Morgan fingerprint density at radius 1 is 1.43 bits per heavy atom. The fourth-order valence-corrected chi connectivity index (χ4v) is 2.13. The average molecular weight is 277 g/mol. The van der Waals surface area contributed by atoms with E-state index in [1.807, 2.05) is 12.1 Å². The van der Waals surface area contributed by atoms with Crippen LogP contribution in [0, 0.1) is 0 Å². The van der Waals surface area contributed by atoms with E-state index in [9.17, 15) is 0 Å². The van der Waals surface area contributed by atoms with Crippen LogP contribution in [0.4, 0.5) is 5.69 Å². The summed E-state index contributed by atoms with van der Waals surface area (Å²) in [6, 6.07) is 6.03. The normalized spacial score (nSPS) is 10.3. The molecule has 1 aromatic carbocycles. The number of hydrogen-bond acceptors (Lipinski definition) is 1. The van der Waals surface area contributed by atoms with E-state index >= 15 is 0 Å². The Morgan fingerprint density at radius 3 is 2.71 bits per heavy atom. The lowest BCUT2D eigenvalue weighted by Gasteiger charge is -2.21. The van der Waals surface area contributed by atoms with E-state index < -0.39 is 0 Å². The van der Waals surface area contributed by atoms with Gasteiger partial charge in [0.05, 0.1) is 0 Å². The van der Waals surface area contributed by atoms with Crippen molar-refractivity contribution in [2.75, 3.05) is 18.5 Å². The fourth-order valence-electron chi connectivity index (χ4n) is 1.49. The van der Waals surface area contributed by atoms with Crippen LogP contribution in [0.5, 0.6) is 0 Å². The van der Waals surface area contributed by atoms with E-state index in [0.29, 0.717) is 0 Å². The van der Waals surface area contributed by atoms with Gasteiger partial charge in [0.15, 0.2) is 0 Å². The number of alkyl halides is 1. The molecule has 0 amide bonds. The molecular formula is C11H15BrClN. The third-order valence-electron chi connectivity index (χ3n) is 2.16. The van der Waals surface area contributed by atoms with E-state index in [1.165, 1.54) is 11.3 Å². The van der Waals surface area contributed by atoms with Crippen LogP contribution in [0.25, 0.3) is 0 Å². The molecule has 78 valence electrons. The Kier molecular flexibility index (Phi) is 4.76. The Hall–Kier alpha value is -0.210. The lowest BCUT2D eigenvalue weighted by atomic mass is 10.2. The van der Waals surface area contributed by atoms with Gasteiger partial charge in [-0.25, -0.2) is 0 Å². The van der Waals surface area contributed by atoms with Crippen LogP contribution < -0.4 is 4.90 Å². The molecule has 1 nitrogen and oxygen atoms in total. The lowest BCUT2D eigenvalue weighted by molar-refractivity contribution is 0.849. The third-order valence-corrected chi connectivity index (χ3v) is 2.99. The summed E-state index contributed by atoms with van der Waals surface area (Å²) in [5, 5.41) is 1.64. The van der Waals surface area contributed by atoms with Crippen molar-refractivity contribution in [1.29, 1.82) is 0 Å². The molecule has 0 radical (unpaired) electrons. The molecule has 0 heterocycles. The maximum Gasteiger partial charge on any atom is 0.0410 e. The molecule has 14 heavy (non-hydrogen) atoms. The molecule has 0 fully saturated rings. The molecule has 0 aliphatic heterocycles. The van der Waals surface area contributed by atoms with E-state index in [2.05, 4.69) is 40.9 Å². The predicted octanol–water partition coefficient (Wildman–Crippen LogP) is 4.08. The highest BCUT2D eigenvalue weighted by molar-refractivity contribution is 9.08. The smallest absolute Gasteiger partial charge is 0.0410 e. The molecular weight excluding hydrogens is 261 g/mol. The van der Waals surface area contributed by atoms with Crippen molar-refractivity contribution in [3.63, 3.8) is 0 Å². The quantitative estimate of drug-likeness (QED) is 0.749. The number of rotatable bonds is 4. The van der Waals surface area contributed by atoms with Gasteiger partial charge in [-0.2, -0.15) is 0 Å². The van der Waals surface area contributed by atoms with Crippen LogP contribution in [0.2, 0.25) is 5.02 Å². The second-order valence-corrected chi connectivity index (χ2v) is 4.33. The van der Waals surface area contributed by atoms with Gasteiger partial charge in [0.1, 0.15) is 0 Å². The fraction of sp³-hybridized carbons (Fsp3) is 0.455. The summed E-state index contributed by atoms with van der Waals surface area (Å²) in [5.41, 5.74) is 2.50. The van der Waals surface area contributed by atoms with Crippen molar-refractivity contribution in [1.82, 2.24) is 0 Å². The van der Waals surface area contributed by atoms with Crippen molar-refractivity contribution < 1.29 is 0 Å². The average Bonchev–Trinajstić information content (AvgIpc) is 2.17. The molecule has 1 rings (SSSR count). The third kappa shape index (κ3) is 2.89. The first kappa shape index (κ1) is 11.9. The van der Waals surface area contributed by atoms with Gasteiger partial charge in [0, 0.05) is 29.6 Å². The molecule has 0 aliphatic rings. The summed E-state index contributed by atoms with van der Waals surface area (Å²) in [6.07, 6.45) is 1.15. The Labute approximate surface area is 99.2 Å². The zero-order valence-corrected chi connectivity index (χ0v) is 10.9. The molecule has 3 heteroatoms. The summed E-state index contributed by atoms with van der Waals surface area (Å²) in [7, 11) is 2.11. The van der Waals surface area contributed by atoms with E-state index in [1.54, 1.807) is 0 Å². The minimum absolute atomic E-state index is 0.799. The first-order chi connectivity index (χ1) is 6.69. The van der Waals surface area contributed by atoms with Crippen LogP contribution in [-0.4, -0.2) is 13.6 Å². The Balaban J connectivity index is 2.95. The number of hydrogen-bond donors (Lipinski definition) is 0. The molecule has 1 aromatic rings. The Morgan fingerprint density at radius 2 is 2.14 bits per heavy atom. The summed E-state index contributed by atoms with van der Waals surface area (Å²) in [4.78, 5) is 2.26. The molecule has 0 spiro atoms. The topological polar surface area (TPSA) is 3.24 Å². The largest absolute Gasteiger partial charge is 0.374 e. The van der Waals surface area contributed by atoms with Crippen molar-refractivity contribution in [3.8, 4) is 0 Å². The standard InChI is InChI=1S/C11H15BrClN/c1-3-6-14(2)11-5-4-10(13)7-9(11)8-12/h4-5,7H,3,6,8H2,1-2H3. The maximum absolute atomic E-state index is 5.94.